The summed E-state index contributed by atoms with van der Waals surface area (Å²) in [5, 5.41) is 5.07. The molecule has 0 amide bonds. The lowest BCUT2D eigenvalue weighted by atomic mass is 10.1. The molecule has 1 saturated heterocycles. The van der Waals surface area contributed by atoms with Crippen LogP contribution in [0.5, 0.6) is 0 Å². The second-order valence-electron chi connectivity index (χ2n) is 3.82. The third kappa shape index (κ3) is 2.33. The average molecular weight is 229 g/mol. The zero-order chi connectivity index (χ0) is 10.0. The normalized spacial score (nSPS) is 26.6. The third-order valence-electron chi connectivity index (χ3n) is 2.44. The van der Waals surface area contributed by atoms with Crippen LogP contribution in [0.15, 0.2) is 6.20 Å². The maximum atomic E-state index is 5.61. The van der Waals surface area contributed by atoms with Gasteiger partial charge in [0.05, 0.1) is 6.20 Å². The number of nitrogens with two attached hydrogens (primary N) is 1. The van der Waals surface area contributed by atoms with E-state index < -0.39 is 0 Å². The van der Waals surface area contributed by atoms with E-state index in [1.54, 1.807) is 6.20 Å². The summed E-state index contributed by atoms with van der Waals surface area (Å²) in [5.74, 6) is 1.29. The lowest BCUT2D eigenvalue weighted by Crippen LogP contribution is -2.26. The van der Waals surface area contributed by atoms with Gasteiger partial charge in [-0.25, -0.2) is 4.98 Å². The van der Waals surface area contributed by atoms with Crippen molar-refractivity contribution in [3.05, 3.63) is 6.20 Å². The Morgan fingerprint density at radius 3 is 3.14 bits per heavy atom. The van der Waals surface area contributed by atoms with E-state index in [0.717, 1.165) is 16.7 Å². The van der Waals surface area contributed by atoms with Gasteiger partial charge < -0.3 is 11.1 Å². The maximum Gasteiger partial charge on any atom is 0.184 e. The van der Waals surface area contributed by atoms with Crippen molar-refractivity contribution >= 4 is 33.2 Å². The summed E-state index contributed by atoms with van der Waals surface area (Å²) in [6.45, 7) is 3.30. The predicted molar refractivity (Wildman–Crippen MR) is 65.1 cm³/mol. The molecule has 0 bridgehead atoms. The number of rotatable bonds is 3. The van der Waals surface area contributed by atoms with Crippen molar-refractivity contribution in [2.45, 2.75) is 24.5 Å². The van der Waals surface area contributed by atoms with E-state index in [4.69, 9.17) is 5.73 Å². The Bertz CT molecular complexity index is 305. The molecule has 1 aromatic rings. The minimum atomic E-state index is 0.389. The number of nitrogen functional groups attached to an aromatic ring is 1. The van der Waals surface area contributed by atoms with E-state index in [9.17, 15) is 0 Å². The Morgan fingerprint density at radius 2 is 2.57 bits per heavy atom. The van der Waals surface area contributed by atoms with Crippen LogP contribution in [-0.4, -0.2) is 22.0 Å². The van der Waals surface area contributed by atoms with E-state index in [1.807, 2.05) is 0 Å². The maximum absolute atomic E-state index is 5.61. The molecule has 2 heterocycles. The van der Waals surface area contributed by atoms with Gasteiger partial charge in [0.25, 0.3) is 0 Å². The SMILES string of the molecule is CC1(CNc2ncc(N)s2)CCCS1. The Hall–Kier alpha value is -0.420. The first-order valence-electron chi connectivity index (χ1n) is 4.77. The van der Waals surface area contributed by atoms with Gasteiger partial charge in [-0.2, -0.15) is 11.8 Å². The molecular formula is C9H15N3S2. The lowest BCUT2D eigenvalue weighted by molar-refractivity contribution is 0.634. The molecule has 5 heteroatoms. The number of thiazole rings is 1. The molecule has 0 saturated carbocycles. The number of nitrogens with one attached hydrogen (secondary N) is 1. The highest BCUT2D eigenvalue weighted by atomic mass is 32.2. The van der Waals surface area contributed by atoms with Crippen LogP contribution in [0.2, 0.25) is 0 Å². The third-order valence-corrected chi connectivity index (χ3v) is 4.76. The predicted octanol–water partition coefficient (Wildman–Crippen LogP) is 2.42. The van der Waals surface area contributed by atoms with Gasteiger partial charge in [-0.3, -0.25) is 0 Å². The van der Waals surface area contributed by atoms with Gasteiger partial charge in [-0.1, -0.05) is 11.3 Å². The molecule has 0 aromatic carbocycles. The van der Waals surface area contributed by atoms with Crippen molar-refractivity contribution in [2.24, 2.45) is 0 Å². The van der Waals surface area contributed by atoms with E-state index in [0.29, 0.717) is 4.75 Å². The molecule has 2 rings (SSSR count). The quantitative estimate of drug-likeness (QED) is 0.836. The smallest absolute Gasteiger partial charge is 0.184 e. The van der Waals surface area contributed by atoms with Gasteiger partial charge in [-0.15, -0.1) is 0 Å². The average Bonchev–Trinajstić information content (AvgIpc) is 2.73. The lowest BCUT2D eigenvalue weighted by Gasteiger charge is -2.22. The fraction of sp³-hybridized carbons (Fsp3) is 0.667. The van der Waals surface area contributed by atoms with Crippen LogP contribution < -0.4 is 11.1 Å². The van der Waals surface area contributed by atoms with E-state index >= 15 is 0 Å². The summed E-state index contributed by atoms with van der Waals surface area (Å²) in [6, 6.07) is 0. The van der Waals surface area contributed by atoms with Crippen molar-refractivity contribution in [1.29, 1.82) is 0 Å². The van der Waals surface area contributed by atoms with E-state index in [1.165, 1.54) is 29.9 Å². The van der Waals surface area contributed by atoms with Crippen LogP contribution in [-0.2, 0) is 0 Å². The van der Waals surface area contributed by atoms with Gasteiger partial charge in [0, 0.05) is 11.3 Å². The number of nitrogens with zero attached hydrogens (tertiary/aromatic N) is 1. The molecule has 1 aliphatic rings. The molecule has 3 nitrogen and oxygen atoms in total. The van der Waals surface area contributed by atoms with Crippen molar-refractivity contribution in [3.63, 3.8) is 0 Å². The first-order valence-corrected chi connectivity index (χ1v) is 6.57. The summed E-state index contributed by atoms with van der Waals surface area (Å²) < 4.78 is 0.389. The van der Waals surface area contributed by atoms with Crippen LogP contribution in [0.25, 0.3) is 0 Å². The molecule has 1 atom stereocenters. The number of hydrogen-bond donors (Lipinski definition) is 2. The van der Waals surface area contributed by atoms with Gasteiger partial charge in [0.15, 0.2) is 5.13 Å². The molecule has 0 radical (unpaired) electrons. The molecule has 0 aliphatic carbocycles. The Morgan fingerprint density at radius 1 is 1.71 bits per heavy atom. The van der Waals surface area contributed by atoms with Gasteiger partial charge in [0.1, 0.15) is 5.00 Å². The standard InChI is InChI=1S/C9H15N3S2/c1-9(3-2-4-13-9)6-12-8-11-5-7(10)14-8/h5H,2-4,6,10H2,1H3,(H,11,12). The largest absolute Gasteiger partial charge is 0.389 e. The Kier molecular flexibility index (Phi) is 2.88. The van der Waals surface area contributed by atoms with E-state index in [2.05, 4.69) is 29.0 Å². The highest BCUT2D eigenvalue weighted by molar-refractivity contribution is 8.00. The van der Waals surface area contributed by atoms with Crippen LogP contribution in [0.1, 0.15) is 19.8 Å². The zero-order valence-electron chi connectivity index (χ0n) is 8.25. The Balaban J connectivity index is 1.87. The summed E-state index contributed by atoms with van der Waals surface area (Å²) >= 11 is 3.57. The van der Waals surface area contributed by atoms with Crippen molar-refractivity contribution in [2.75, 3.05) is 23.3 Å². The van der Waals surface area contributed by atoms with Crippen LogP contribution in [0.4, 0.5) is 10.1 Å². The van der Waals surface area contributed by atoms with E-state index in [-0.39, 0.29) is 0 Å². The fourth-order valence-electron chi connectivity index (χ4n) is 1.61. The molecule has 3 N–H and O–H groups in total. The minimum Gasteiger partial charge on any atom is -0.389 e. The second kappa shape index (κ2) is 3.98. The molecule has 1 aliphatic heterocycles. The minimum absolute atomic E-state index is 0.389. The first-order chi connectivity index (χ1) is 6.68. The summed E-state index contributed by atoms with van der Waals surface area (Å²) in [4.78, 5) is 4.18. The van der Waals surface area contributed by atoms with Gasteiger partial charge in [-0.05, 0) is 25.5 Å². The number of anilines is 2. The van der Waals surface area contributed by atoms with Crippen LogP contribution >= 0.6 is 23.1 Å². The topological polar surface area (TPSA) is 50.9 Å². The molecule has 1 unspecified atom stereocenters. The van der Waals surface area contributed by atoms with Gasteiger partial charge in [0.2, 0.25) is 0 Å². The van der Waals surface area contributed by atoms with Crippen molar-refractivity contribution < 1.29 is 0 Å². The number of aromatic nitrogens is 1. The summed E-state index contributed by atoms with van der Waals surface area (Å²) in [7, 11) is 0. The van der Waals surface area contributed by atoms with Crippen molar-refractivity contribution in [3.8, 4) is 0 Å². The molecular weight excluding hydrogens is 214 g/mol. The Labute approximate surface area is 92.5 Å². The summed E-state index contributed by atoms with van der Waals surface area (Å²) in [5.41, 5.74) is 5.61. The molecule has 0 spiro atoms. The summed E-state index contributed by atoms with van der Waals surface area (Å²) in [6.07, 6.45) is 4.34. The van der Waals surface area contributed by atoms with Crippen molar-refractivity contribution in [1.82, 2.24) is 4.98 Å². The highest BCUT2D eigenvalue weighted by Gasteiger charge is 2.29. The molecule has 78 valence electrons. The van der Waals surface area contributed by atoms with Crippen LogP contribution in [0, 0.1) is 0 Å². The van der Waals surface area contributed by atoms with Gasteiger partial charge >= 0.3 is 0 Å². The monoisotopic (exact) mass is 229 g/mol. The fourth-order valence-corrected chi connectivity index (χ4v) is 3.43. The van der Waals surface area contributed by atoms with Crippen LogP contribution in [0.3, 0.4) is 0 Å². The highest BCUT2D eigenvalue weighted by Crippen LogP contribution is 2.37. The first kappa shape index (κ1) is 10.1. The molecule has 1 fully saturated rings. The number of hydrogen-bond acceptors (Lipinski definition) is 5. The second-order valence-corrected chi connectivity index (χ2v) is 6.57. The zero-order valence-corrected chi connectivity index (χ0v) is 9.88. The number of thioether (sulfide) groups is 1. The molecule has 14 heavy (non-hydrogen) atoms. The molecule has 1 aromatic heterocycles.